The summed E-state index contributed by atoms with van der Waals surface area (Å²) in [5.74, 6) is 0.515. The quantitative estimate of drug-likeness (QED) is 0.211. The molecule has 0 aliphatic heterocycles. The molecule has 0 unspecified atom stereocenters. The molecule has 4 aromatic carbocycles. The fourth-order valence-corrected chi connectivity index (χ4v) is 3.83. The topological polar surface area (TPSA) is 42.2 Å². The van der Waals surface area contributed by atoms with Crippen LogP contribution in [0.1, 0.15) is 23.6 Å². The van der Waals surface area contributed by atoms with Crippen LogP contribution in [0.4, 0.5) is 4.39 Å². The summed E-state index contributed by atoms with van der Waals surface area (Å²) in [6.45, 7) is 2.62. The molecule has 0 spiro atoms. The smallest absolute Gasteiger partial charge is 0.180 e. The standard InChI is InChI=1S/C28H21ClFNO2/c1-2-32-27-15-20(13-24(17-31)23-8-5-9-25(30)16-23)14-26(29)28(27)33-18-19-10-11-21-6-3-4-7-22(21)12-19/h3-16H,2,18H2,1H3/b24-13-. The van der Waals surface area contributed by atoms with Gasteiger partial charge in [-0.25, -0.2) is 4.39 Å². The predicted molar refractivity (Wildman–Crippen MR) is 131 cm³/mol. The maximum absolute atomic E-state index is 13.6. The molecule has 5 heteroatoms. The summed E-state index contributed by atoms with van der Waals surface area (Å²) in [6.07, 6.45) is 1.65. The molecule has 0 bridgehead atoms. The predicted octanol–water partition coefficient (Wildman–Crippen LogP) is 7.67. The first-order valence-electron chi connectivity index (χ1n) is 10.5. The Bertz CT molecular complexity index is 1370. The number of nitriles is 1. The molecule has 3 nitrogen and oxygen atoms in total. The van der Waals surface area contributed by atoms with Crippen LogP contribution in [0.3, 0.4) is 0 Å². The van der Waals surface area contributed by atoms with Crippen LogP contribution >= 0.6 is 11.6 Å². The monoisotopic (exact) mass is 457 g/mol. The molecule has 0 N–H and O–H groups in total. The van der Waals surface area contributed by atoms with Crippen molar-refractivity contribution in [2.75, 3.05) is 6.61 Å². The van der Waals surface area contributed by atoms with Gasteiger partial charge in [-0.15, -0.1) is 0 Å². The Balaban J connectivity index is 1.63. The summed E-state index contributed by atoms with van der Waals surface area (Å²) >= 11 is 6.55. The zero-order valence-electron chi connectivity index (χ0n) is 18.0. The molecule has 0 heterocycles. The van der Waals surface area contributed by atoms with Crippen molar-refractivity contribution < 1.29 is 13.9 Å². The van der Waals surface area contributed by atoms with Gasteiger partial charge in [0.2, 0.25) is 0 Å². The van der Waals surface area contributed by atoms with Crippen LogP contribution in [-0.2, 0) is 6.61 Å². The molecule has 0 amide bonds. The highest BCUT2D eigenvalue weighted by molar-refractivity contribution is 6.32. The number of fused-ring (bicyclic) bond motifs is 1. The molecule has 0 radical (unpaired) electrons. The summed E-state index contributed by atoms with van der Waals surface area (Å²) in [5.41, 5.74) is 2.47. The van der Waals surface area contributed by atoms with Gasteiger partial charge in [0.05, 0.1) is 23.3 Å². The third kappa shape index (κ3) is 5.34. The first-order chi connectivity index (χ1) is 16.1. The van der Waals surface area contributed by atoms with E-state index in [2.05, 4.69) is 30.3 Å². The van der Waals surface area contributed by atoms with Gasteiger partial charge in [0.1, 0.15) is 12.4 Å². The second kappa shape index (κ2) is 10.2. The van der Waals surface area contributed by atoms with Gasteiger partial charge in [-0.05, 0) is 70.8 Å². The van der Waals surface area contributed by atoms with E-state index in [1.54, 1.807) is 30.3 Å². The van der Waals surface area contributed by atoms with Gasteiger partial charge >= 0.3 is 0 Å². The van der Waals surface area contributed by atoms with Crippen molar-refractivity contribution in [3.63, 3.8) is 0 Å². The van der Waals surface area contributed by atoms with Crippen LogP contribution in [0.2, 0.25) is 5.02 Å². The first kappa shape index (κ1) is 22.4. The second-order valence-electron chi connectivity index (χ2n) is 7.41. The van der Waals surface area contributed by atoms with Crippen molar-refractivity contribution in [3.05, 3.63) is 106 Å². The highest BCUT2D eigenvalue weighted by Crippen LogP contribution is 2.38. The number of rotatable bonds is 7. The Morgan fingerprint density at radius 1 is 0.970 bits per heavy atom. The van der Waals surface area contributed by atoms with E-state index in [1.165, 1.54) is 12.1 Å². The van der Waals surface area contributed by atoms with Crippen molar-refractivity contribution in [3.8, 4) is 17.6 Å². The van der Waals surface area contributed by atoms with Crippen LogP contribution in [0, 0.1) is 17.1 Å². The van der Waals surface area contributed by atoms with Gasteiger partial charge in [-0.1, -0.05) is 60.1 Å². The van der Waals surface area contributed by atoms with E-state index < -0.39 is 5.82 Å². The van der Waals surface area contributed by atoms with Gasteiger partial charge in [0.15, 0.2) is 11.5 Å². The Kier molecular flexibility index (Phi) is 6.92. The average Bonchev–Trinajstić information content (AvgIpc) is 2.82. The van der Waals surface area contributed by atoms with Gasteiger partial charge in [0.25, 0.3) is 0 Å². The number of hydrogen-bond donors (Lipinski definition) is 0. The van der Waals surface area contributed by atoms with E-state index in [9.17, 15) is 9.65 Å². The summed E-state index contributed by atoms with van der Waals surface area (Å²) in [5, 5.41) is 12.2. The molecule has 0 fully saturated rings. The molecule has 4 rings (SSSR count). The molecule has 4 aromatic rings. The lowest BCUT2D eigenvalue weighted by molar-refractivity contribution is 0.269. The number of hydrogen-bond acceptors (Lipinski definition) is 3. The minimum atomic E-state index is -0.404. The summed E-state index contributed by atoms with van der Waals surface area (Å²) in [6, 6.07) is 25.8. The Hall–Kier alpha value is -3.81. The van der Waals surface area contributed by atoms with E-state index in [1.807, 2.05) is 25.1 Å². The van der Waals surface area contributed by atoms with Crippen molar-refractivity contribution in [2.24, 2.45) is 0 Å². The SMILES string of the molecule is CCOc1cc(/C=C(/C#N)c2cccc(F)c2)cc(Cl)c1OCc1ccc2ccccc2c1. The minimum absolute atomic E-state index is 0.317. The molecule has 33 heavy (non-hydrogen) atoms. The second-order valence-corrected chi connectivity index (χ2v) is 7.82. The van der Waals surface area contributed by atoms with Gasteiger partial charge in [-0.2, -0.15) is 5.26 Å². The maximum atomic E-state index is 13.6. The lowest BCUT2D eigenvalue weighted by Gasteiger charge is -2.15. The zero-order valence-corrected chi connectivity index (χ0v) is 18.8. The highest BCUT2D eigenvalue weighted by atomic mass is 35.5. The van der Waals surface area contributed by atoms with Crippen molar-refractivity contribution in [2.45, 2.75) is 13.5 Å². The fraction of sp³-hybridized carbons (Fsp3) is 0.107. The van der Waals surface area contributed by atoms with E-state index >= 15 is 0 Å². The van der Waals surface area contributed by atoms with Crippen LogP contribution < -0.4 is 9.47 Å². The van der Waals surface area contributed by atoms with E-state index in [0.29, 0.717) is 46.4 Å². The van der Waals surface area contributed by atoms with Gasteiger partial charge in [-0.3, -0.25) is 0 Å². The van der Waals surface area contributed by atoms with Crippen molar-refractivity contribution in [1.29, 1.82) is 5.26 Å². The third-order valence-corrected chi connectivity index (χ3v) is 5.38. The van der Waals surface area contributed by atoms with Crippen LogP contribution in [-0.4, -0.2) is 6.61 Å². The molecular formula is C28H21ClFNO2. The lowest BCUT2D eigenvalue weighted by atomic mass is 10.0. The third-order valence-electron chi connectivity index (χ3n) is 5.10. The average molecular weight is 458 g/mol. The molecule has 0 atom stereocenters. The Morgan fingerprint density at radius 2 is 1.79 bits per heavy atom. The molecule has 0 aliphatic rings. The van der Waals surface area contributed by atoms with Gasteiger partial charge < -0.3 is 9.47 Å². The molecule has 164 valence electrons. The van der Waals surface area contributed by atoms with Crippen molar-refractivity contribution >= 4 is 34.0 Å². The summed E-state index contributed by atoms with van der Waals surface area (Å²) in [7, 11) is 0. The van der Waals surface area contributed by atoms with E-state index in [0.717, 1.165) is 16.3 Å². The molecule has 0 saturated carbocycles. The number of allylic oxidation sites excluding steroid dienone is 1. The summed E-state index contributed by atoms with van der Waals surface area (Å²) in [4.78, 5) is 0. The van der Waals surface area contributed by atoms with Crippen LogP contribution in [0.25, 0.3) is 22.4 Å². The number of benzene rings is 4. The molecular weight excluding hydrogens is 437 g/mol. The molecule has 0 aliphatic carbocycles. The summed E-state index contributed by atoms with van der Waals surface area (Å²) < 4.78 is 25.4. The van der Waals surface area contributed by atoms with Gasteiger partial charge in [0, 0.05) is 0 Å². The Labute approximate surface area is 197 Å². The maximum Gasteiger partial charge on any atom is 0.180 e. The van der Waals surface area contributed by atoms with Crippen LogP contribution in [0.15, 0.2) is 78.9 Å². The number of ether oxygens (including phenoxy) is 2. The van der Waals surface area contributed by atoms with Crippen molar-refractivity contribution in [1.82, 2.24) is 0 Å². The van der Waals surface area contributed by atoms with Crippen LogP contribution in [0.5, 0.6) is 11.5 Å². The fourth-order valence-electron chi connectivity index (χ4n) is 3.56. The number of halogens is 2. The van der Waals surface area contributed by atoms with E-state index in [-0.39, 0.29) is 0 Å². The van der Waals surface area contributed by atoms with E-state index in [4.69, 9.17) is 21.1 Å². The normalized spacial score (nSPS) is 11.3. The Morgan fingerprint density at radius 3 is 2.55 bits per heavy atom. The highest BCUT2D eigenvalue weighted by Gasteiger charge is 2.14. The largest absolute Gasteiger partial charge is 0.490 e. The minimum Gasteiger partial charge on any atom is -0.490 e. The zero-order chi connectivity index (χ0) is 23.2. The number of nitrogens with zero attached hydrogens (tertiary/aromatic N) is 1. The molecule has 0 saturated heterocycles. The lowest BCUT2D eigenvalue weighted by Crippen LogP contribution is -2.01. The molecule has 0 aromatic heterocycles. The first-order valence-corrected chi connectivity index (χ1v) is 10.9.